The quantitative estimate of drug-likeness (QED) is 0.435. The second-order valence-electron chi connectivity index (χ2n) is 8.82. The van der Waals surface area contributed by atoms with Gasteiger partial charge in [-0.2, -0.15) is 0 Å². The average molecular weight is 424 g/mol. The van der Waals surface area contributed by atoms with Gasteiger partial charge in [0.25, 0.3) is 5.91 Å². The number of ether oxygens (including phenoxy) is 2. The first kappa shape index (κ1) is 22.3. The van der Waals surface area contributed by atoms with Crippen LogP contribution in [-0.4, -0.2) is 37.0 Å². The van der Waals surface area contributed by atoms with Crippen molar-refractivity contribution in [1.82, 2.24) is 0 Å². The standard InChI is InChI=1S/C24H29N3O4/c1-24(2,3)31-21(28)12-15-11-18-13-19(9-10-20(18)30-14-15)27(4)23(29)17-7-5-16(6-8-17)22(25)26/h5-10,13,15H,11-12,14H2,1-4H3,(H3,25,26). The highest BCUT2D eigenvalue weighted by Gasteiger charge is 2.26. The number of hydrogen-bond donors (Lipinski definition) is 2. The van der Waals surface area contributed by atoms with E-state index in [2.05, 4.69) is 0 Å². The Bertz CT molecular complexity index is 993. The Hall–Kier alpha value is -3.35. The molecule has 0 saturated heterocycles. The zero-order valence-electron chi connectivity index (χ0n) is 18.4. The molecule has 1 atom stereocenters. The van der Waals surface area contributed by atoms with Gasteiger partial charge in [0.15, 0.2) is 0 Å². The molecule has 7 heteroatoms. The van der Waals surface area contributed by atoms with Crippen LogP contribution in [0, 0.1) is 11.3 Å². The van der Waals surface area contributed by atoms with Gasteiger partial charge in [-0.15, -0.1) is 0 Å². The Labute approximate surface area is 182 Å². The highest BCUT2D eigenvalue weighted by Crippen LogP contribution is 2.32. The molecule has 1 amide bonds. The fourth-order valence-corrected chi connectivity index (χ4v) is 3.51. The molecule has 1 aliphatic rings. The number of nitrogens with two attached hydrogens (primary N) is 1. The van der Waals surface area contributed by atoms with Crippen molar-refractivity contribution >= 4 is 23.4 Å². The molecule has 0 spiro atoms. The van der Waals surface area contributed by atoms with Crippen LogP contribution in [0.5, 0.6) is 5.75 Å². The lowest BCUT2D eigenvalue weighted by molar-refractivity contribution is -0.156. The fourth-order valence-electron chi connectivity index (χ4n) is 3.51. The molecule has 0 bridgehead atoms. The number of amidine groups is 1. The minimum Gasteiger partial charge on any atom is -0.493 e. The van der Waals surface area contributed by atoms with Crippen molar-refractivity contribution in [2.45, 2.75) is 39.2 Å². The van der Waals surface area contributed by atoms with Crippen LogP contribution in [0.25, 0.3) is 0 Å². The van der Waals surface area contributed by atoms with Crippen LogP contribution in [-0.2, 0) is 16.0 Å². The topological polar surface area (TPSA) is 106 Å². The van der Waals surface area contributed by atoms with Crippen LogP contribution in [0.1, 0.15) is 48.7 Å². The molecule has 0 radical (unpaired) electrons. The molecular weight excluding hydrogens is 394 g/mol. The molecule has 2 aromatic rings. The zero-order valence-corrected chi connectivity index (χ0v) is 18.4. The van der Waals surface area contributed by atoms with Crippen LogP contribution >= 0.6 is 0 Å². The summed E-state index contributed by atoms with van der Waals surface area (Å²) in [7, 11) is 1.71. The monoisotopic (exact) mass is 423 g/mol. The highest BCUT2D eigenvalue weighted by atomic mass is 16.6. The largest absolute Gasteiger partial charge is 0.493 e. The summed E-state index contributed by atoms with van der Waals surface area (Å²) in [4.78, 5) is 26.6. The number of rotatable bonds is 5. The Morgan fingerprint density at radius 2 is 1.81 bits per heavy atom. The number of amides is 1. The first-order valence-electron chi connectivity index (χ1n) is 10.2. The van der Waals surface area contributed by atoms with E-state index in [1.54, 1.807) is 36.2 Å². The number of nitrogens with zero attached hydrogens (tertiary/aromatic N) is 1. The minimum atomic E-state index is -0.511. The molecule has 0 aliphatic carbocycles. The predicted octanol–water partition coefficient (Wildman–Crippen LogP) is 3.53. The normalized spacial score (nSPS) is 15.4. The number of carbonyl (C=O) groups excluding carboxylic acids is 2. The molecule has 0 saturated carbocycles. The Morgan fingerprint density at radius 1 is 1.16 bits per heavy atom. The lowest BCUT2D eigenvalue weighted by atomic mass is 9.93. The number of nitrogens with one attached hydrogen (secondary N) is 1. The Kier molecular flexibility index (Phi) is 6.34. The molecule has 1 unspecified atom stereocenters. The number of nitrogen functional groups attached to an aromatic ring is 1. The maximum absolute atomic E-state index is 12.9. The summed E-state index contributed by atoms with van der Waals surface area (Å²) < 4.78 is 11.3. The lowest BCUT2D eigenvalue weighted by Gasteiger charge is -2.28. The van der Waals surface area contributed by atoms with Gasteiger partial charge in [0, 0.05) is 29.8 Å². The van der Waals surface area contributed by atoms with Gasteiger partial charge in [0.1, 0.15) is 17.2 Å². The molecular formula is C24H29N3O4. The number of benzene rings is 2. The number of carbonyl (C=O) groups is 2. The van der Waals surface area contributed by atoms with Crippen LogP contribution in [0.15, 0.2) is 42.5 Å². The second kappa shape index (κ2) is 8.79. The lowest BCUT2D eigenvalue weighted by Crippen LogP contribution is -2.29. The summed E-state index contributed by atoms with van der Waals surface area (Å²) in [5.74, 6) is 0.357. The van der Waals surface area contributed by atoms with Gasteiger partial charge in [-0.1, -0.05) is 12.1 Å². The maximum atomic E-state index is 12.9. The Balaban J connectivity index is 1.71. The van der Waals surface area contributed by atoms with E-state index >= 15 is 0 Å². The molecule has 164 valence electrons. The number of esters is 1. The molecule has 7 nitrogen and oxygen atoms in total. The van der Waals surface area contributed by atoms with Gasteiger partial charge in [-0.25, -0.2) is 0 Å². The summed E-state index contributed by atoms with van der Waals surface area (Å²) in [6.07, 6.45) is 0.968. The Morgan fingerprint density at radius 3 is 2.42 bits per heavy atom. The van der Waals surface area contributed by atoms with E-state index in [1.807, 2.05) is 39.0 Å². The summed E-state index contributed by atoms with van der Waals surface area (Å²) >= 11 is 0. The number of anilines is 1. The molecule has 31 heavy (non-hydrogen) atoms. The first-order valence-corrected chi connectivity index (χ1v) is 10.2. The molecule has 0 fully saturated rings. The molecule has 0 aromatic heterocycles. The first-order chi connectivity index (χ1) is 14.5. The number of hydrogen-bond acceptors (Lipinski definition) is 5. The van der Waals surface area contributed by atoms with Gasteiger partial charge in [-0.05, 0) is 63.1 Å². The summed E-state index contributed by atoms with van der Waals surface area (Å²) in [6.45, 7) is 6.02. The third-order valence-corrected chi connectivity index (χ3v) is 5.04. The molecule has 3 N–H and O–H groups in total. The molecule has 2 aromatic carbocycles. The van der Waals surface area contributed by atoms with E-state index in [4.69, 9.17) is 20.6 Å². The molecule has 1 heterocycles. The molecule has 1 aliphatic heterocycles. The summed E-state index contributed by atoms with van der Waals surface area (Å²) in [5.41, 5.74) is 7.74. The second-order valence-corrected chi connectivity index (χ2v) is 8.82. The summed E-state index contributed by atoms with van der Waals surface area (Å²) in [5, 5.41) is 7.46. The van der Waals surface area contributed by atoms with Crippen molar-refractivity contribution in [3.05, 3.63) is 59.2 Å². The van der Waals surface area contributed by atoms with Crippen molar-refractivity contribution in [2.24, 2.45) is 11.7 Å². The van der Waals surface area contributed by atoms with Crippen molar-refractivity contribution < 1.29 is 19.1 Å². The van der Waals surface area contributed by atoms with Crippen molar-refractivity contribution in [1.29, 1.82) is 5.41 Å². The zero-order chi connectivity index (χ0) is 22.8. The maximum Gasteiger partial charge on any atom is 0.306 e. The van der Waals surface area contributed by atoms with Crippen molar-refractivity contribution in [3.8, 4) is 5.75 Å². The minimum absolute atomic E-state index is 0.0257. The van der Waals surface area contributed by atoms with E-state index < -0.39 is 5.60 Å². The van der Waals surface area contributed by atoms with Crippen LogP contribution < -0.4 is 15.4 Å². The average Bonchev–Trinajstić information content (AvgIpc) is 2.70. The van der Waals surface area contributed by atoms with Crippen LogP contribution in [0.4, 0.5) is 5.69 Å². The van der Waals surface area contributed by atoms with E-state index in [0.717, 1.165) is 17.0 Å². The van der Waals surface area contributed by atoms with Gasteiger partial charge in [0.05, 0.1) is 13.0 Å². The van der Waals surface area contributed by atoms with Crippen LogP contribution in [0.3, 0.4) is 0 Å². The fraction of sp³-hybridized carbons (Fsp3) is 0.375. The van der Waals surface area contributed by atoms with Gasteiger partial charge in [0.2, 0.25) is 0 Å². The molecule has 3 rings (SSSR count). The SMILES string of the molecule is CN(C(=O)c1ccc(C(=N)N)cc1)c1ccc2c(c1)CC(CC(=O)OC(C)(C)C)CO2. The third kappa shape index (κ3) is 5.63. The van der Waals surface area contributed by atoms with E-state index in [1.165, 1.54) is 0 Å². The van der Waals surface area contributed by atoms with Gasteiger partial charge < -0.3 is 20.1 Å². The van der Waals surface area contributed by atoms with Gasteiger partial charge >= 0.3 is 5.97 Å². The smallest absolute Gasteiger partial charge is 0.306 e. The highest BCUT2D eigenvalue weighted by molar-refractivity contribution is 6.06. The van der Waals surface area contributed by atoms with Crippen molar-refractivity contribution in [3.63, 3.8) is 0 Å². The van der Waals surface area contributed by atoms with E-state index in [0.29, 0.717) is 24.2 Å². The third-order valence-electron chi connectivity index (χ3n) is 5.04. The predicted molar refractivity (Wildman–Crippen MR) is 120 cm³/mol. The van der Waals surface area contributed by atoms with Gasteiger partial charge in [-0.3, -0.25) is 15.0 Å². The number of fused-ring (bicyclic) bond motifs is 1. The van der Waals surface area contributed by atoms with E-state index in [-0.39, 0.29) is 30.1 Å². The van der Waals surface area contributed by atoms with Crippen molar-refractivity contribution in [2.75, 3.05) is 18.6 Å². The van der Waals surface area contributed by atoms with E-state index in [9.17, 15) is 9.59 Å². The van der Waals surface area contributed by atoms with Crippen LogP contribution in [0.2, 0.25) is 0 Å². The summed E-state index contributed by atoms with van der Waals surface area (Å²) in [6, 6.07) is 12.3.